The Morgan fingerprint density at radius 2 is 1.81 bits per heavy atom. The molecular weight excluding hydrogens is 545 g/mol. The highest BCUT2D eigenvalue weighted by Gasteiger charge is 2.31. The molecule has 42 heavy (non-hydrogen) atoms. The van der Waals surface area contributed by atoms with Crippen molar-refractivity contribution in [1.29, 1.82) is 0 Å². The molecule has 2 atom stereocenters. The van der Waals surface area contributed by atoms with E-state index in [0.29, 0.717) is 29.1 Å². The minimum atomic E-state index is -4.41. The Hall–Kier alpha value is -3.54. The number of imidazole rings is 1. The van der Waals surface area contributed by atoms with E-state index >= 15 is 0 Å². The topological polar surface area (TPSA) is 98.3 Å². The van der Waals surface area contributed by atoms with Crippen LogP contribution < -0.4 is 15.8 Å². The van der Waals surface area contributed by atoms with Gasteiger partial charge in [-0.3, -0.25) is 14.7 Å². The van der Waals surface area contributed by atoms with Gasteiger partial charge in [-0.2, -0.15) is 13.2 Å². The fraction of sp³-hybridized carbons (Fsp3) is 0.452. The lowest BCUT2D eigenvalue weighted by molar-refractivity contribution is -0.0882. The number of hydrogen-bond donors (Lipinski definition) is 2. The molecule has 0 bridgehead atoms. The Kier molecular flexibility index (Phi) is 13.9. The maximum absolute atomic E-state index is 12.9. The van der Waals surface area contributed by atoms with Gasteiger partial charge in [0, 0.05) is 50.6 Å². The summed E-state index contributed by atoms with van der Waals surface area (Å²) in [6.45, 7) is 8.37. The maximum atomic E-state index is 12.9. The van der Waals surface area contributed by atoms with Crippen molar-refractivity contribution >= 4 is 23.4 Å². The van der Waals surface area contributed by atoms with Crippen LogP contribution >= 0.6 is 0 Å². The van der Waals surface area contributed by atoms with Crippen LogP contribution in [0.5, 0.6) is 11.5 Å². The van der Waals surface area contributed by atoms with Gasteiger partial charge in [0.15, 0.2) is 6.29 Å². The highest BCUT2D eigenvalue weighted by atomic mass is 19.4. The number of halogens is 3. The third-order valence-electron chi connectivity index (χ3n) is 7.04. The maximum Gasteiger partial charge on any atom is 0.416 e. The van der Waals surface area contributed by atoms with E-state index in [2.05, 4.69) is 39.8 Å². The van der Waals surface area contributed by atoms with E-state index in [9.17, 15) is 18.0 Å². The van der Waals surface area contributed by atoms with Crippen LogP contribution in [0.15, 0.2) is 54.3 Å². The Bertz CT molecular complexity index is 1330. The molecule has 0 amide bonds. The summed E-state index contributed by atoms with van der Waals surface area (Å²) in [7, 11) is 5.25. The van der Waals surface area contributed by atoms with Crippen LogP contribution in [0.4, 0.5) is 13.2 Å². The SMILES string of the molecule is C/C=C(\C=C/c1nc2cc(Oc3ccnc(C=O)c3)ccc2n1C)C(F)(F)F.CN.CNCCN1C(C)CCCC1C. The molecule has 1 aromatic carbocycles. The van der Waals surface area contributed by atoms with Gasteiger partial charge in [-0.25, -0.2) is 4.98 Å². The molecule has 3 heterocycles. The van der Waals surface area contributed by atoms with Crippen LogP contribution in [-0.4, -0.2) is 71.2 Å². The molecule has 11 heteroatoms. The molecule has 1 aliphatic rings. The molecule has 230 valence electrons. The lowest BCUT2D eigenvalue weighted by Gasteiger charge is -2.38. The summed E-state index contributed by atoms with van der Waals surface area (Å²) in [5.41, 5.74) is 5.31. The van der Waals surface area contributed by atoms with Crippen molar-refractivity contribution < 1.29 is 22.7 Å². The van der Waals surface area contributed by atoms with Crippen LogP contribution in [0.3, 0.4) is 0 Å². The van der Waals surface area contributed by atoms with E-state index in [4.69, 9.17) is 4.74 Å². The first kappa shape index (κ1) is 34.7. The van der Waals surface area contributed by atoms with E-state index in [1.54, 1.807) is 35.9 Å². The Labute approximate surface area is 246 Å². The number of carbonyl (C=O) groups is 1. The second-order valence-corrected chi connectivity index (χ2v) is 9.86. The van der Waals surface area contributed by atoms with Crippen LogP contribution in [-0.2, 0) is 7.05 Å². The van der Waals surface area contributed by atoms with Gasteiger partial charge < -0.3 is 20.4 Å². The number of nitrogens with one attached hydrogen (secondary N) is 1. The standard InChI is InChI=1S/C20H16F3N3O2.C10H22N2.CH5N/c1-3-13(20(21,22)23)4-7-19-25-17-11-15(5-6-18(17)26(19)2)28-16-8-9-24-14(10-16)12-27;1-9-5-4-6-10(2)12(9)8-7-11-3;1-2/h3-12H,1-2H3;9-11H,4-8H2,1-3H3;2H2,1H3/b7-4-,13-3+;;. The lowest BCUT2D eigenvalue weighted by atomic mass is 9.98. The smallest absolute Gasteiger partial charge is 0.416 e. The van der Waals surface area contributed by atoms with Gasteiger partial charge in [-0.1, -0.05) is 12.5 Å². The largest absolute Gasteiger partial charge is 0.457 e. The molecule has 1 aliphatic heterocycles. The van der Waals surface area contributed by atoms with E-state index in [0.717, 1.165) is 36.3 Å². The fourth-order valence-corrected chi connectivity index (χ4v) is 4.78. The van der Waals surface area contributed by atoms with Crippen LogP contribution in [0.1, 0.15) is 56.3 Å². The van der Waals surface area contributed by atoms with Crippen molar-refractivity contribution in [3.8, 4) is 11.5 Å². The zero-order valence-corrected chi connectivity index (χ0v) is 25.3. The average molecular weight is 589 g/mol. The second-order valence-electron chi connectivity index (χ2n) is 9.86. The van der Waals surface area contributed by atoms with Crippen molar-refractivity contribution in [2.45, 2.75) is 58.3 Å². The Balaban J connectivity index is 0.000000368. The molecule has 4 rings (SSSR count). The number of carbonyl (C=O) groups excluding carboxylic acids is 1. The number of pyridine rings is 1. The Morgan fingerprint density at radius 3 is 2.40 bits per heavy atom. The van der Waals surface area contributed by atoms with E-state index in [1.807, 2.05) is 7.05 Å². The molecule has 3 aromatic rings. The van der Waals surface area contributed by atoms with Crippen molar-refractivity contribution in [2.75, 3.05) is 27.2 Å². The molecule has 3 N–H and O–H groups in total. The van der Waals surface area contributed by atoms with Gasteiger partial charge in [0.1, 0.15) is 23.0 Å². The molecule has 0 saturated carbocycles. The molecule has 2 aromatic heterocycles. The van der Waals surface area contributed by atoms with E-state index in [-0.39, 0.29) is 5.69 Å². The number of hydrogen-bond acceptors (Lipinski definition) is 7. The van der Waals surface area contributed by atoms with Gasteiger partial charge in [-0.05, 0) is 78.1 Å². The predicted molar refractivity (Wildman–Crippen MR) is 163 cm³/mol. The first-order chi connectivity index (χ1) is 20.1. The molecule has 8 nitrogen and oxygen atoms in total. The number of rotatable bonds is 8. The third-order valence-corrected chi connectivity index (χ3v) is 7.04. The summed E-state index contributed by atoms with van der Waals surface area (Å²) in [5.74, 6) is 1.30. The molecule has 0 spiro atoms. The summed E-state index contributed by atoms with van der Waals surface area (Å²) in [4.78, 5) is 21.7. The van der Waals surface area contributed by atoms with E-state index < -0.39 is 11.7 Å². The highest BCUT2D eigenvalue weighted by molar-refractivity contribution is 5.79. The number of benzene rings is 1. The van der Waals surface area contributed by atoms with Gasteiger partial charge in [-0.15, -0.1) is 0 Å². The summed E-state index contributed by atoms with van der Waals surface area (Å²) < 4.78 is 46.0. The third kappa shape index (κ3) is 9.78. The second kappa shape index (κ2) is 16.8. The van der Waals surface area contributed by atoms with Crippen LogP contribution in [0.2, 0.25) is 0 Å². The van der Waals surface area contributed by atoms with Crippen molar-refractivity contribution in [3.05, 3.63) is 65.8 Å². The number of allylic oxidation sites excluding steroid dienone is 3. The first-order valence-corrected chi connectivity index (χ1v) is 14.0. The van der Waals surface area contributed by atoms with Gasteiger partial charge in [0.2, 0.25) is 0 Å². The number of nitrogens with two attached hydrogens (primary N) is 1. The van der Waals surface area contributed by atoms with Crippen molar-refractivity contribution in [1.82, 2.24) is 24.8 Å². The number of likely N-dealkylation sites (tertiary alicyclic amines) is 1. The number of aldehydes is 1. The highest BCUT2D eigenvalue weighted by Crippen LogP contribution is 2.29. The minimum Gasteiger partial charge on any atom is -0.457 e. The van der Waals surface area contributed by atoms with Gasteiger partial charge >= 0.3 is 6.18 Å². The van der Waals surface area contributed by atoms with Gasteiger partial charge in [0.25, 0.3) is 0 Å². The van der Waals surface area contributed by atoms with Crippen molar-refractivity contribution in [3.63, 3.8) is 0 Å². The quantitative estimate of drug-likeness (QED) is 0.241. The number of likely N-dealkylation sites (N-methyl/N-ethyl adjacent to an activating group) is 1. The zero-order chi connectivity index (χ0) is 31.3. The van der Waals surface area contributed by atoms with Gasteiger partial charge in [0.05, 0.1) is 16.6 Å². The number of nitrogens with zero attached hydrogens (tertiary/aromatic N) is 4. The number of fused-ring (bicyclic) bond motifs is 1. The normalized spacial score (nSPS) is 17.8. The molecule has 0 radical (unpaired) electrons. The number of piperidine rings is 1. The lowest BCUT2D eigenvalue weighted by Crippen LogP contribution is -2.46. The molecular formula is C31H43F3N6O2. The molecule has 0 aliphatic carbocycles. The summed E-state index contributed by atoms with van der Waals surface area (Å²) in [6, 6.07) is 9.85. The molecule has 1 saturated heterocycles. The zero-order valence-electron chi connectivity index (χ0n) is 25.3. The van der Waals surface area contributed by atoms with Crippen LogP contribution in [0.25, 0.3) is 17.1 Å². The fourth-order valence-electron chi connectivity index (χ4n) is 4.78. The van der Waals surface area contributed by atoms with Crippen LogP contribution in [0, 0.1) is 0 Å². The van der Waals surface area contributed by atoms with Crippen molar-refractivity contribution in [2.24, 2.45) is 12.8 Å². The number of ether oxygens (including phenoxy) is 1. The summed E-state index contributed by atoms with van der Waals surface area (Å²) in [6.07, 6.45) is 5.17. The average Bonchev–Trinajstić information content (AvgIpc) is 3.28. The number of aryl methyl sites for hydroxylation is 1. The van der Waals surface area contributed by atoms with E-state index in [1.165, 1.54) is 58.1 Å². The first-order valence-electron chi connectivity index (χ1n) is 14.0. The Morgan fingerprint density at radius 1 is 1.14 bits per heavy atom. The number of alkyl halides is 3. The molecule has 1 fully saturated rings. The predicted octanol–water partition coefficient (Wildman–Crippen LogP) is 6.14. The monoisotopic (exact) mass is 588 g/mol. The minimum absolute atomic E-state index is 0.244. The summed E-state index contributed by atoms with van der Waals surface area (Å²) in [5, 5.41) is 3.21. The number of aromatic nitrogens is 3. The summed E-state index contributed by atoms with van der Waals surface area (Å²) >= 11 is 0. The molecule has 2 unspecified atom stereocenters.